The van der Waals surface area contributed by atoms with Crippen molar-refractivity contribution in [2.45, 2.75) is 13.1 Å². The van der Waals surface area contributed by atoms with Crippen molar-refractivity contribution in [1.29, 1.82) is 0 Å². The fourth-order valence-electron chi connectivity index (χ4n) is 3.28. The fraction of sp³-hybridized carbons (Fsp3) is 0.136. The molecule has 4 aromatic rings. The number of fused-ring (bicyclic) bond motifs is 1. The number of thiophene rings is 1. The summed E-state index contributed by atoms with van der Waals surface area (Å²) >= 11 is 5.09. The molecule has 0 saturated carbocycles. The Hall–Kier alpha value is -2.64. The zero-order valence-electron chi connectivity index (χ0n) is 15.6. The Labute approximate surface area is 180 Å². The number of amides is 1. The standard InChI is InChI=1S/C22H18BrFN2O2S/c1-28-19-9-5-3-7-15(19)13-26-17-11-21(23)29-20(17)10-18(26)22(27)25-12-14-6-2-4-8-16(14)24/h2-11H,12-13H2,1H3,(H,25,27). The van der Waals surface area contributed by atoms with Gasteiger partial charge >= 0.3 is 0 Å². The molecule has 0 fully saturated rings. The number of carbonyl (C=O) groups is 1. The van der Waals surface area contributed by atoms with Crippen molar-refractivity contribution in [1.82, 2.24) is 9.88 Å². The van der Waals surface area contributed by atoms with Gasteiger partial charge in [0.25, 0.3) is 5.91 Å². The minimum atomic E-state index is -0.331. The van der Waals surface area contributed by atoms with E-state index in [1.54, 1.807) is 36.6 Å². The Kier molecular flexibility index (Phi) is 5.69. The molecular weight excluding hydrogens is 455 g/mol. The Bertz CT molecular complexity index is 1180. The molecule has 0 saturated heterocycles. The van der Waals surface area contributed by atoms with Crippen molar-refractivity contribution >= 4 is 43.4 Å². The first kappa shape index (κ1) is 19.7. The summed E-state index contributed by atoms with van der Waals surface area (Å²) in [6, 6.07) is 18.0. The molecule has 0 aliphatic heterocycles. The minimum absolute atomic E-state index is 0.128. The van der Waals surface area contributed by atoms with Gasteiger partial charge in [0.15, 0.2) is 0 Å². The molecule has 148 valence electrons. The van der Waals surface area contributed by atoms with E-state index in [2.05, 4.69) is 21.2 Å². The maximum atomic E-state index is 13.9. The van der Waals surface area contributed by atoms with Crippen LogP contribution in [0.15, 0.2) is 64.5 Å². The van der Waals surface area contributed by atoms with Crippen LogP contribution in [-0.4, -0.2) is 17.6 Å². The number of nitrogens with one attached hydrogen (secondary N) is 1. The van der Waals surface area contributed by atoms with E-state index in [-0.39, 0.29) is 18.3 Å². The Morgan fingerprint density at radius 3 is 2.62 bits per heavy atom. The number of carbonyl (C=O) groups excluding carboxylic acids is 1. The average Bonchev–Trinajstić information content (AvgIpc) is 3.24. The van der Waals surface area contributed by atoms with Gasteiger partial charge in [-0.15, -0.1) is 11.3 Å². The van der Waals surface area contributed by atoms with Crippen LogP contribution in [0.25, 0.3) is 10.2 Å². The highest BCUT2D eigenvalue weighted by atomic mass is 79.9. The maximum Gasteiger partial charge on any atom is 0.268 e. The summed E-state index contributed by atoms with van der Waals surface area (Å²) in [7, 11) is 1.63. The molecule has 29 heavy (non-hydrogen) atoms. The maximum absolute atomic E-state index is 13.9. The number of ether oxygens (including phenoxy) is 1. The van der Waals surface area contributed by atoms with E-state index in [9.17, 15) is 9.18 Å². The molecule has 0 aliphatic rings. The zero-order valence-corrected chi connectivity index (χ0v) is 18.0. The largest absolute Gasteiger partial charge is 0.496 e. The Morgan fingerprint density at radius 1 is 1.14 bits per heavy atom. The second-order valence-electron chi connectivity index (χ2n) is 6.50. The second kappa shape index (κ2) is 8.39. The molecule has 2 aromatic carbocycles. The highest BCUT2D eigenvalue weighted by Gasteiger charge is 2.19. The Morgan fingerprint density at radius 2 is 1.86 bits per heavy atom. The molecule has 4 rings (SSSR count). The monoisotopic (exact) mass is 472 g/mol. The molecule has 7 heteroatoms. The number of hydrogen-bond donors (Lipinski definition) is 1. The van der Waals surface area contributed by atoms with E-state index in [4.69, 9.17) is 4.74 Å². The van der Waals surface area contributed by atoms with E-state index in [1.165, 1.54) is 6.07 Å². The molecule has 0 atom stereocenters. The van der Waals surface area contributed by atoms with Crippen LogP contribution < -0.4 is 10.1 Å². The summed E-state index contributed by atoms with van der Waals surface area (Å²) in [4.78, 5) is 13.0. The van der Waals surface area contributed by atoms with Gasteiger partial charge in [0.05, 0.1) is 27.7 Å². The van der Waals surface area contributed by atoms with Crippen LogP contribution in [0.2, 0.25) is 0 Å². The quantitative estimate of drug-likeness (QED) is 0.397. The molecule has 0 bridgehead atoms. The van der Waals surface area contributed by atoms with Gasteiger partial charge in [0, 0.05) is 17.7 Å². The molecule has 4 nitrogen and oxygen atoms in total. The van der Waals surface area contributed by atoms with Gasteiger partial charge in [-0.3, -0.25) is 4.79 Å². The van der Waals surface area contributed by atoms with E-state index >= 15 is 0 Å². The number of para-hydroxylation sites is 1. The molecule has 1 amide bonds. The van der Waals surface area contributed by atoms with E-state index in [0.717, 1.165) is 25.3 Å². The topological polar surface area (TPSA) is 43.3 Å². The Balaban J connectivity index is 1.67. The zero-order chi connectivity index (χ0) is 20.4. The van der Waals surface area contributed by atoms with Crippen LogP contribution in [0.3, 0.4) is 0 Å². The van der Waals surface area contributed by atoms with Gasteiger partial charge in [0.1, 0.15) is 17.3 Å². The molecule has 0 radical (unpaired) electrons. The number of hydrogen-bond acceptors (Lipinski definition) is 3. The van der Waals surface area contributed by atoms with Gasteiger partial charge in [-0.25, -0.2) is 4.39 Å². The molecule has 2 heterocycles. The lowest BCUT2D eigenvalue weighted by Gasteiger charge is -2.13. The number of nitrogens with zero attached hydrogens (tertiary/aromatic N) is 1. The third-order valence-electron chi connectivity index (χ3n) is 4.71. The van der Waals surface area contributed by atoms with Crippen molar-refractivity contribution in [2.24, 2.45) is 0 Å². The third-order valence-corrected chi connectivity index (χ3v) is 6.28. The summed E-state index contributed by atoms with van der Waals surface area (Å²) in [5.74, 6) is 0.186. The molecule has 2 aromatic heterocycles. The summed E-state index contributed by atoms with van der Waals surface area (Å²) in [5.41, 5.74) is 2.91. The molecule has 0 spiro atoms. The third kappa shape index (κ3) is 4.06. The van der Waals surface area contributed by atoms with Gasteiger partial charge in [-0.2, -0.15) is 0 Å². The van der Waals surface area contributed by atoms with Crippen molar-refractivity contribution in [2.75, 3.05) is 7.11 Å². The number of rotatable bonds is 6. The first-order valence-electron chi connectivity index (χ1n) is 8.99. The van der Waals surface area contributed by atoms with Gasteiger partial charge in [0.2, 0.25) is 0 Å². The van der Waals surface area contributed by atoms with Crippen molar-refractivity contribution in [3.05, 3.63) is 87.1 Å². The van der Waals surface area contributed by atoms with Crippen molar-refractivity contribution in [3.63, 3.8) is 0 Å². The average molecular weight is 473 g/mol. The SMILES string of the molecule is COc1ccccc1Cn1c(C(=O)NCc2ccccc2F)cc2sc(Br)cc21. The van der Waals surface area contributed by atoms with E-state index in [0.29, 0.717) is 17.8 Å². The number of benzene rings is 2. The number of methoxy groups -OCH3 is 1. The van der Waals surface area contributed by atoms with Gasteiger partial charge < -0.3 is 14.6 Å². The van der Waals surface area contributed by atoms with Crippen LogP contribution in [0, 0.1) is 5.82 Å². The van der Waals surface area contributed by atoms with Gasteiger partial charge in [-0.1, -0.05) is 36.4 Å². The number of aromatic nitrogens is 1. The highest BCUT2D eigenvalue weighted by molar-refractivity contribution is 9.11. The lowest BCUT2D eigenvalue weighted by atomic mass is 10.2. The molecule has 1 N–H and O–H groups in total. The lowest BCUT2D eigenvalue weighted by molar-refractivity contribution is 0.0942. The summed E-state index contributed by atoms with van der Waals surface area (Å²) in [6.45, 7) is 0.613. The van der Waals surface area contributed by atoms with E-state index in [1.807, 2.05) is 41.0 Å². The lowest BCUT2D eigenvalue weighted by Crippen LogP contribution is -2.26. The second-order valence-corrected chi connectivity index (χ2v) is 8.96. The van der Waals surface area contributed by atoms with Crippen LogP contribution in [-0.2, 0) is 13.1 Å². The van der Waals surface area contributed by atoms with E-state index < -0.39 is 0 Å². The highest BCUT2D eigenvalue weighted by Crippen LogP contribution is 2.33. The van der Waals surface area contributed by atoms with Crippen LogP contribution >= 0.6 is 27.3 Å². The molecule has 0 aliphatic carbocycles. The van der Waals surface area contributed by atoms with Crippen LogP contribution in [0.4, 0.5) is 4.39 Å². The van der Waals surface area contributed by atoms with Crippen LogP contribution in [0.1, 0.15) is 21.6 Å². The first-order chi connectivity index (χ1) is 14.1. The van der Waals surface area contributed by atoms with Crippen molar-refractivity contribution in [3.8, 4) is 5.75 Å². The van der Waals surface area contributed by atoms with Crippen LogP contribution in [0.5, 0.6) is 5.75 Å². The normalized spacial score (nSPS) is 11.0. The predicted octanol–water partition coefficient (Wildman–Crippen LogP) is 5.59. The molecular formula is C22H18BrFN2O2S. The number of halogens is 2. The first-order valence-corrected chi connectivity index (χ1v) is 10.6. The smallest absolute Gasteiger partial charge is 0.268 e. The summed E-state index contributed by atoms with van der Waals surface area (Å²) in [6.07, 6.45) is 0. The fourth-order valence-corrected chi connectivity index (χ4v) is 4.85. The predicted molar refractivity (Wildman–Crippen MR) is 117 cm³/mol. The van der Waals surface area contributed by atoms with Gasteiger partial charge in [-0.05, 0) is 40.2 Å². The summed E-state index contributed by atoms with van der Waals surface area (Å²) in [5, 5.41) is 2.84. The van der Waals surface area contributed by atoms with Crippen molar-refractivity contribution < 1.29 is 13.9 Å². The summed E-state index contributed by atoms with van der Waals surface area (Å²) < 4.78 is 23.3. The molecule has 0 unspecified atom stereocenters. The minimum Gasteiger partial charge on any atom is -0.496 e.